The first-order valence-corrected chi connectivity index (χ1v) is 7.84. The minimum atomic E-state index is -4.50. The van der Waals surface area contributed by atoms with E-state index in [2.05, 4.69) is 10.1 Å². The third kappa shape index (κ3) is 7.13. The predicted octanol–water partition coefficient (Wildman–Crippen LogP) is 2.71. The van der Waals surface area contributed by atoms with E-state index in [0.29, 0.717) is 32.7 Å². The van der Waals surface area contributed by atoms with Gasteiger partial charge in [0.05, 0.1) is 11.1 Å². The maximum absolute atomic E-state index is 12.8. The first-order valence-electron chi connectivity index (χ1n) is 7.84. The van der Waals surface area contributed by atoms with Gasteiger partial charge in [0, 0.05) is 26.2 Å². The fourth-order valence-corrected chi connectivity index (χ4v) is 2.10. The van der Waals surface area contributed by atoms with E-state index in [1.54, 1.807) is 0 Å². The molecule has 1 aromatic rings. The SMILES string of the molecule is CC(C)(C)OC=O.O=C(c1ccccc1C(F)(F)F)N1CCNCC1. The van der Waals surface area contributed by atoms with Crippen molar-refractivity contribution in [2.75, 3.05) is 26.2 Å². The number of ether oxygens (including phenoxy) is 1. The lowest BCUT2D eigenvalue weighted by molar-refractivity contribution is -0.139. The lowest BCUT2D eigenvalue weighted by atomic mass is 10.1. The van der Waals surface area contributed by atoms with Crippen molar-refractivity contribution in [1.82, 2.24) is 10.2 Å². The Labute approximate surface area is 145 Å². The summed E-state index contributed by atoms with van der Waals surface area (Å²) in [6.07, 6.45) is -4.50. The van der Waals surface area contributed by atoms with Gasteiger partial charge in [-0.1, -0.05) is 12.1 Å². The summed E-state index contributed by atoms with van der Waals surface area (Å²) in [5.74, 6) is -0.551. The fourth-order valence-electron chi connectivity index (χ4n) is 2.10. The number of alkyl halides is 3. The second-order valence-corrected chi connectivity index (χ2v) is 6.41. The minimum Gasteiger partial charge on any atom is -0.462 e. The van der Waals surface area contributed by atoms with Crippen molar-refractivity contribution in [1.29, 1.82) is 0 Å². The standard InChI is InChI=1S/C12H13F3N2O.C5H10O2/c13-12(14,15)10-4-2-1-3-9(10)11(18)17-7-5-16-6-8-17;1-5(2,3)7-4-6/h1-4,16H,5-8H2;4H,1-3H3. The molecule has 1 saturated heterocycles. The molecule has 0 radical (unpaired) electrons. The topological polar surface area (TPSA) is 58.6 Å². The lowest BCUT2D eigenvalue weighted by Crippen LogP contribution is -2.46. The van der Waals surface area contributed by atoms with Gasteiger partial charge in [-0.2, -0.15) is 13.2 Å². The Bertz CT molecular complexity index is 577. The molecule has 25 heavy (non-hydrogen) atoms. The summed E-state index contributed by atoms with van der Waals surface area (Å²) >= 11 is 0. The Morgan fingerprint density at radius 1 is 1.16 bits per heavy atom. The summed E-state index contributed by atoms with van der Waals surface area (Å²) < 4.78 is 42.9. The van der Waals surface area contributed by atoms with Gasteiger partial charge in [0.1, 0.15) is 5.60 Å². The summed E-state index contributed by atoms with van der Waals surface area (Å²) in [5, 5.41) is 3.05. The Hall–Kier alpha value is -2.09. The molecule has 1 heterocycles. The summed E-state index contributed by atoms with van der Waals surface area (Å²) in [7, 11) is 0. The summed E-state index contributed by atoms with van der Waals surface area (Å²) in [5.41, 5.74) is -1.46. The van der Waals surface area contributed by atoms with Gasteiger partial charge in [0.25, 0.3) is 12.4 Å². The average Bonchev–Trinajstić information content (AvgIpc) is 2.54. The smallest absolute Gasteiger partial charge is 0.417 e. The zero-order chi connectivity index (χ0) is 19.1. The van der Waals surface area contributed by atoms with Crippen LogP contribution in [0.15, 0.2) is 24.3 Å². The van der Waals surface area contributed by atoms with Crippen LogP contribution in [0.4, 0.5) is 13.2 Å². The Morgan fingerprint density at radius 2 is 1.72 bits per heavy atom. The third-order valence-corrected chi connectivity index (χ3v) is 3.27. The van der Waals surface area contributed by atoms with Crippen molar-refractivity contribution in [3.8, 4) is 0 Å². The number of piperazine rings is 1. The molecule has 0 saturated carbocycles. The van der Waals surface area contributed by atoms with Crippen molar-refractivity contribution in [2.45, 2.75) is 32.5 Å². The molecule has 1 aromatic carbocycles. The molecule has 0 unspecified atom stereocenters. The predicted molar refractivity (Wildman–Crippen MR) is 87.1 cm³/mol. The second-order valence-electron chi connectivity index (χ2n) is 6.41. The van der Waals surface area contributed by atoms with E-state index in [-0.39, 0.29) is 11.2 Å². The molecule has 0 spiro atoms. The Kier molecular flexibility index (Phi) is 7.41. The van der Waals surface area contributed by atoms with Gasteiger partial charge in [-0.05, 0) is 32.9 Å². The van der Waals surface area contributed by atoms with Gasteiger partial charge in [-0.3, -0.25) is 9.59 Å². The normalized spacial score (nSPS) is 15.0. The van der Waals surface area contributed by atoms with Crippen LogP contribution in [-0.4, -0.2) is 49.1 Å². The van der Waals surface area contributed by atoms with Crippen molar-refractivity contribution in [3.05, 3.63) is 35.4 Å². The Morgan fingerprint density at radius 3 is 2.16 bits per heavy atom. The molecule has 1 aliphatic rings. The van der Waals surface area contributed by atoms with Crippen molar-refractivity contribution < 1.29 is 27.5 Å². The van der Waals surface area contributed by atoms with Crippen LogP contribution in [0, 0.1) is 0 Å². The Balaban J connectivity index is 0.000000381. The molecular formula is C17H23F3N2O3. The second kappa shape index (κ2) is 8.84. The van der Waals surface area contributed by atoms with Crippen LogP contribution < -0.4 is 5.32 Å². The molecule has 8 heteroatoms. The van der Waals surface area contributed by atoms with E-state index in [1.807, 2.05) is 20.8 Å². The molecule has 0 aliphatic carbocycles. The number of carbonyl (C=O) groups is 2. The van der Waals surface area contributed by atoms with E-state index < -0.39 is 17.6 Å². The van der Waals surface area contributed by atoms with E-state index in [1.165, 1.54) is 23.1 Å². The monoisotopic (exact) mass is 360 g/mol. The van der Waals surface area contributed by atoms with E-state index >= 15 is 0 Å². The van der Waals surface area contributed by atoms with E-state index in [0.717, 1.165) is 6.07 Å². The third-order valence-electron chi connectivity index (χ3n) is 3.27. The number of hydrogen-bond acceptors (Lipinski definition) is 4. The van der Waals surface area contributed by atoms with Crippen molar-refractivity contribution in [3.63, 3.8) is 0 Å². The number of hydrogen-bond donors (Lipinski definition) is 1. The molecule has 5 nitrogen and oxygen atoms in total. The van der Waals surface area contributed by atoms with Crippen LogP contribution in [-0.2, 0) is 15.7 Å². The molecular weight excluding hydrogens is 337 g/mol. The highest BCUT2D eigenvalue weighted by molar-refractivity contribution is 5.96. The van der Waals surface area contributed by atoms with Crippen LogP contribution in [0.2, 0.25) is 0 Å². The highest BCUT2D eigenvalue weighted by Gasteiger charge is 2.35. The van der Waals surface area contributed by atoms with Crippen LogP contribution in [0.25, 0.3) is 0 Å². The number of nitrogens with zero attached hydrogens (tertiary/aromatic N) is 1. The zero-order valence-electron chi connectivity index (χ0n) is 14.5. The number of amides is 1. The number of carbonyl (C=O) groups excluding carboxylic acids is 2. The van der Waals surface area contributed by atoms with Gasteiger partial charge >= 0.3 is 6.18 Å². The number of benzene rings is 1. The van der Waals surface area contributed by atoms with Crippen LogP contribution >= 0.6 is 0 Å². The molecule has 1 amide bonds. The summed E-state index contributed by atoms with van der Waals surface area (Å²) in [6.45, 7) is 8.01. The van der Waals surface area contributed by atoms with Crippen molar-refractivity contribution in [2.24, 2.45) is 0 Å². The molecule has 1 N–H and O–H groups in total. The zero-order valence-corrected chi connectivity index (χ0v) is 14.5. The molecule has 0 aromatic heterocycles. The first kappa shape index (κ1) is 21.0. The highest BCUT2D eigenvalue weighted by atomic mass is 19.4. The number of halogens is 3. The highest BCUT2D eigenvalue weighted by Crippen LogP contribution is 2.32. The number of nitrogens with one attached hydrogen (secondary N) is 1. The molecule has 1 aliphatic heterocycles. The fraction of sp³-hybridized carbons (Fsp3) is 0.529. The quantitative estimate of drug-likeness (QED) is 0.824. The average molecular weight is 360 g/mol. The van der Waals surface area contributed by atoms with Gasteiger partial charge in [0.15, 0.2) is 0 Å². The lowest BCUT2D eigenvalue weighted by Gasteiger charge is -2.28. The van der Waals surface area contributed by atoms with Gasteiger partial charge in [0.2, 0.25) is 0 Å². The van der Waals surface area contributed by atoms with Crippen LogP contribution in [0.1, 0.15) is 36.7 Å². The summed E-state index contributed by atoms with van der Waals surface area (Å²) in [4.78, 5) is 23.1. The van der Waals surface area contributed by atoms with Crippen LogP contribution in [0.5, 0.6) is 0 Å². The molecule has 1 fully saturated rings. The van der Waals surface area contributed by atoms with E-state index in [9.17, 15) is 22.8 Å². The van der Waals surface area contributed by atoms with Gasteiger partial charge < -0.3 is 15.0 Å². The maximum atomic E-state index is 12.8. The largest absolute Gasteiger partial charge is 0.462 e. The van der Waals surface area contributed by atoms with Gasteiger partial charge in [-0.15, -0.1) is 0 Å². The number of rotatable bonds is 2. The molecule has 0 atom stereocenters. The summed E-state index contributed by atoms with van der Waals surface area (Å²) in [6, 6.07) is 4.91. The molecule has 0 bridgehead atoms. The molecule has 140 valence electrons. The minimum absolute atomic E-state index is 0.271. The first-order chi connectivity index (χ1) is 11.6. The van der Waals surface area contributed by atoms with Crippen LogP contribution in [0.3, 0.4) is 0 Å². The maximum Gasteiger partial charge on any atom is 0.417 e. The van der Waals surface area contributed by atoms with Gasteiger partial charge in [-0.25, -0.2) is 0 Å². The van der Waals surface area contributed by atoms with Crippen molar-refractivity contribution >= 4 is 12.4 Å². The van der Waals surface area contributed by atoms with E-state index in [4.69, 9.17) is 0 Å². The molecule has 2 rings (SSSR count).